The average molecular weight is 363 g/mol. The van der Waals surface area contributed by atoms with Gasteiger partial charge in [0, 0.05) is 38.3 Å². The molecule has 0 atom stereocenters. The largest absolute Gasteiger partial charge is 0.459 e. The van der Waals surface area contributed by atoms with Gasteiger partial charge in [-0.3, -0.25) is 9.78 Å². The van der Waals surface area contributed by atoms with E-state index in [4.69, 9.17) is 15.1 Å². The maximum absolute atomic E-state index is 12.4. The van der Waals surface area contributed by atoms with Crippen molar-refractivity contribution in [1.29, 1.82) is 0 Å². The summed E-state index contributed by atoms with van der Waals surface area (Å²) in [6.07, 6.45) is 5.05. The highest BCUT2D eigenvalue weighted by Gasteiger charge is 2.24. The van der Waals surface area contributed by atoms with Crippen LogP contribution < -0.4 is 10.6 Å². The van der Waals surface area contributed by atoms with Gasteiger partial charge in [-0.1, -0.05) is 24.3 Å². The number of rotatable bonds is 4. The summed E-state index contributed by atoms with van der Waals surface area (Å²) in [6, 6.07) is 11.4. The van der Waals surface area contributed by atoms with Crippen LogP contribution in [0.5, 0.6) is 0 Å². The number of nitrogens with two attached hydrogens (primary N) is 1. The second-order valence-electron chi connectivity index (χ2n) is 6.42. The van der Waals surface area contributed by atoms with E-state index in [1.807, 2.05) is 24.3 Å². The predicted molar refractivity (Wildman–Crippen MR) is 102 cm³/mol. The number of carbonyl (C=O) groups excluding carboxylic acids is 1. The van der Waals surface area contributed by atoms with E-state index >= 15 is 0 Å². The lowest BCUT2D eigenvalue weighted by molar-refractivity contribution is 0.0714. The van der Waals surface area contributed by atoms with Crippen molar-refractivity contribution in [3.63, 3.8) is 0 Å². The van der Waals surface area contributed by atoms with Crippen molar-refractivity contribution in [2.75, 3.05) is 31.1 Å². The molecular weight excluding hydrogens is 342 g/mol. The first-order valence-corrected chi connectivity index (χ1v) is 8.94. The van der Waals surface area contributed by atoms with Gasteiger partial charge in [0.2, 0.25) is 0 Å². The maximum atomic E-state index is 12.4. The molecule has 0 aliphatic carbocycles. The first-order valence-electron chi connectivity index (χ1n) is 8.94. The van der Waals surface area contributed by atoms with E-state index in [0.29, 0.717) is 38.5 Å². The summed E-state index contributed by atoms with van der Waals surface area (Å²) in [5, 5.41) is 0. The van der Waals surface area contributed by atoms with Crippen molar-refractivity contribution < 1.29 is 9.21 Å². The quantitative estimate of drug-likeness (QED) is 0.764. The number of hydrogen-bond acceptors (Lipinski definition) is 6. The Bertz CT molecular complexity index is 900. The van der Waals surface area contributed by atoms with Gasteiger partial charge in [0.15, 0.2) is 5.76 Å². The Morgan fingerprint density at radius 2 is 1.85 bits per heavy atom. The number of amides is 1. The lowest BCUT2D eigenvalue weighted by Gasteiger charge is -2.34. The highest BCUT2D eigenvalue weighted by molar-refractivity contribution is 5.91. The number of anilines is 1. The minimum Gasteiger partial charge on any atom is -0.459 e. The molecule has 1 saturated heterocycles. The highest BCUT2D eigenvalue weighted by atomic mass is 16.3. The molecule has 1 amide bonds. The SMILES string of the molecule is NCc1ccc(-c2cncc(N3CCN(C(=O)c4ccco4)CC3)n2)cc1. The van der Waals surface area contributed by atoms with Gasteiger partial charge in [-0.15, -0.1) is 0 Å². The van der Waals surface area contributed by atoms with E-state index < -0.39 is 0 Å². The second kappa shape index (κ2) is 7.59. The third kappa shape index (κ3) is 3.68. The smallest absolute Gasteiger partial charge is 0.289 e. The van der Waals surface area contributed by atoms with Gasteiger partial charge in [-0.2, -0.15) is 0 Å². The maximum Gasteiger partial charge on any atom is 0.289 e. The zero-order valence-corrected chi connectivity index (χ0v) is 14.9. The summed E-state index contributed by atoms with van der Waals surface area (Å²) in [4.78, 5) is 25.4. The van der Waals surface area contributed by atoms with E-state index in [1.165, 1.54) is 6.26 Å². The molecular formula is C20H21N5O2. The Morgan fingerprint density at radius 1 is 1.07 bits per heavy atom. The summed E-state index contributed by atoms with van der Waals surface area (Å²) >= 11 is 0. The van der Waals surface area contributed by atoms with Crippen LogP contribution in [-0.2, 0) is 6.54 Å². The van der Waals surface area contributed by atoms with E-state index in [2.05, 4.69) is 9.88 Å². The van der Waals surface area contributed by atoms with Crippen LogP contribution in [-0.4, -0.2) is 47.0 Å². The van der Waals surface area contributed by atoms with Crippen LogP contribution in [0.1, 0.15) is 16.1 Å². The normalized spacial score (nSPS) is 14.4. The van der Waals surface area contributed by atoms with Crippen molar-refractivity contribution >= 4 is 11.7 Å². The van der Waals surface area contributed by atoms with Crippen LogP contribution in [0, 0.1) is 0 Å². The summed E-state index contributed by atoms with van der Waals surface area (Å²) in [5.74, 6) is 1.13. The fourth-order valence-corrected chi connectivity index (χ4v) is 3.15. The van der Waals surface area contributed by atoms with Crippen LogP contribution in [0.2, 0.25) is 0 Å². The molecule has 0 saturated carbocycles. The van der Waals surface area contributed by atoms with E-state index in [1.54, 1.807) is 29.4 Å². The standard InChI is InChI=1S/C20H21N5O2/c21-12-15-3-5-16(6-4-15)17-13-22-14-19(23-17)24-7-9-25(10-8-24)20(26)18-2-1-11-27-18/h1-6,11,13-14H,7-10,12,21H2. The molecule has 7 heteroatoms. The predicted octanol–water partition coefficient (Wildman–Crippen LogP) is 2.16. The minimum atomic E-state index is -0.0699. The fraction of sp³-hybridized carbons (Fsp3) is 0.250. The molecule has 1 aromatic carbocycles. The Hall–Kier alpha value is -3.19. The Kier molecular flexibility index (Phi) is 4.84. The summed E-state index contributed by atoms with van der Waals surface area (Å²) in [7, 11) is 0. The molecule has 2 N–H and O–H groups in total. The van der Waals surface area contributed by atoms with Gasteiger partial charge >= 0.3 is 0 Å². The summed E-state index contributed by atoms with van der Waals surface area (Å²) in [5.41, 5.74) is 8.57. The third-order valence-electron chi connectivity index (χ3n) is 4.73. The second-order valence-corrected chi connectivity index (χ2v) is 6.42. The molecule has 0 unspecified atom stereocenters. The molecule has 3 aromatic rings. The van der Waals surface area contributed by atoms with Gasteiger partial charge in [-0.25, -0.2) is 4.98 Å². The molecule has 27 heavy (non-hydrogen) atoms. The number of nitrogens with zero attached hydrogens (tertiary/aromatic N) is 4. The Balaban J connectivity index is 1.44. The number of carbonyl (C=O) groups is 1. The van der Waals surface area contributed by atoms with Crippen LogP contribution in [0.4, 0.5) is 5.82 Å². The van der Waals surface area contributed by atoms with Crippen LogP contribution >= 0.6 is 0 Å². The van der Waals surface area contributed by atoms with Gasteiger partial charge < -0.3 is 20.0 Å². The number of benzene rings is 1. The molecule has 7 nitrogen and oxygen atoms in total. The van der Waals surface area contributed by atoms with Crippen molar-refractivity contribution in [3.8, 4) is 11.3 Å². The number of aromatic nitrogens is 2. The Morgan fingerprint density at radius 3 is 2.52 bits per heavy atom. The summed E-state index contributed by atoms with van der Waals surface area (Å²) in [6.45, 7) is 3.17. The van der Waals surface area contributed by atoms with Crippen molar-refractivity contribution in [1.82, 2.24) is 14.9 Å². The summed E-state index contributed by atoms with van der Waals surface area (Å²) < 4.78 is 5.21. The first kappa shape index (κ1) is 17.2. The molecule has 0 bridgehead atoms. The first-order chi connectivity index (χ1) is 13.2. The molecule has 0 spiro atoms. The molecule has 2 aromatic heterocycles. The highest BCUT2D eigenvalue weighted by Crippen LogP contribution is 2.21. The average Bonchev–Trinajstić information content (AvgIpc) is 3.28. The lowest BCUT2D eigenvalue weighted by Crippen LogP contribution is -2.49. The van der Waals surface area contributed by atoms with Gasteiger partial charge in [0.1, 0.15) is 5.82 Å². The minimum absolute atomic E-state index is 0.0699. The topological polar surface area (TPSA) is 88.5 Å². The lowest BCUT2D eigenvalue weighted by atomic mass is 10.1. The van der Waals surface area contributed by atoms with E-state index in [0.717, 1.165) is 22.6 Å². The van der Waals surface area contributed by atoms with Gasteiger partial charge in [-0.05, 0) is 17.7 Å². The van der Waals surface area contributed by atoms with E-state index in [9.17, 15) is 4.79 Å². The molecule has 0 radical (unpaired) electrons. The van der Waals surface area contributed by atoms with Crippen molar-refractivity contribution in [2.45, 2.75) is 6.54 Å². The number of furan rings is 1. The van der Waals surface area contributed by atoms with Crippen LogP contribution in [0.3, 0.4) is 0 Å². The molecule has 1 aliphatic rings. The fourth-order valence-electron chi connectivity index (χ4n) is 3.15. The van der Waals surface area contributed by atoms with Gasteiger partial charge in [0.05, 0.1) is 24.4 Å². The van der Waals surface area contributed by atoms with Crippen LogP contribution in [0.15, 0.2) is 59.5 Å². The third-order valence-corrected chi connectivity index (χ3v) is 4.73. The monoisotopic (exact) mass is 363 g/mol. The molecule has 1 fully saturated rings. The number of hydrogen-bond donors (Lipinski definition) is 1. The molecule has 1 aliphatic heterocycles. The zero-order chi connectivity index (χ0) is 18.6. The van der Waals surface area contributed by atoms with Crippen molar-refractivity contribution in [3.05, 3.63) is 66.4 Å². The number of piperazine rings is 1. The van der Waals surface area contributed by atoms with Crippen molar-refractivity contribution in [2.24, 2.45) is 5.73 Å². The van der Waals surface area contributed by atoms with Crippen LogP contribution in [0.25, 0.3) is 11.3 Å². The van der Waals surface area contributed by atoms with Gasteiger partial charge in [0.25, 0.3) is 5.91 Å². The molecule has 3 heterocycles. The molecule has 4 rings (SSSR count). The zero-order valence-electron chi connectivity index (χ0n) is 14.9. The van der Waals surface area contributed by atoms with E-state index in [-0.39, 0.29) is 5.91 Å². The molecule has 138 valence electrons. The Labute approximate surface area is 157 Å².